The number of aliphatic hydroxyl groups is 1. The van der Waals surface area contributed by atoms with Gasteiger partial charge in [-0.05, 0) is 36.5 Å². The molecule has 0 bridgehead atoms. The number of cyclic esters (lactones) is 1. The van der Waals surface area contributed by atoms with E-state index in [9.17, 15) is 19.5 Å². The first kappa shape index (κ1) is 21.8. The summed E-state index contributed by atoms with van der Waals surface area (Å²) in [6.07, 6.45) is 3.21. The molecule has 1 aliphatic heterocycles. The van der Waals surface area contributed by atoms with E-state index in [1.807, 2.05) is 20.8 Å². The van der Waals surface area contributed by atoms with Gasteiger partial charge in [0.05, 0.1) is 5.57 Å². The van der Waals surface area contributed by atoms with E-state index in [-0.39, 0.29) is 35.3 Å². The zero-order valence-electron chi connectivity index (χ0n) is 18.2. The van der Waals surface area contributed by atoms with Gasteiger partial charge in [-0.3, -0.25) is 4.79 Å². The largest absolute Gasteiger partial charge is 0.460 e. The fraction of sp³-hybridized carbons (Fsp3) is 0.773. The number of fused-ring (bicyclic) bond motifs is 3. The normalized spacial score (nSPS) is 36.4. The molecule has 7 heteroatoms. The molecule has 1 amide bonds. The molecule has 2 fully saturated rings. The molecule has 5 atom stereocenters. The van der Waals surface area contributed by atoms with E-state index < -0.39 is 35.1 Å². The monoisotopic (exact) mass is 407 g/mol. The molecule has 3 rings (SSSR count). The van der Waals surface area contributed by atoms with Gasteiger partial charge in [-0.2, -0.15) is 0 Å². The lowest BCUT2D eigenvalue weighted by molar-refractivity contribution is -0.217. The van der Waals surface area contributed by atoms with Crippen LogP contribution in [0.2, 0.25) is 0 Å². The Morgan fingerprint density at radius 2 is 1.97 bits per heavy atom. The van der Waals surface area contributed by atoms with E-state index in [2.05, 4.69) is 19.2 Å². The van der Waals surface area contributed by atoms with Crippen molar-refractivity contribution in [2.45, 2.75) is 78.6 Å². The fourth-order valence-corrected chi connectivity index (χ4v) is 5.67. The number of ether oxygens (including phenoxy) is 2. The van der Waals surface area contributed by atoms with Crippen molar-refractivity contribution in [2.75, 3.05) is 6.61 Å². The standard InChI is InChI=1S/C22H33NO6/c1-12(2)17(23-13(3)24)19(26)29-16-9-10-20(4,5)15-8-7-14-18(25)28-11-22(14,27)21(15,16)6/h7,12,15-17,27H,8-11H2,1-6H3,(H,23,24)/t15-,16-,17+,21+,22-/m0/s1. The van der Waals surface area contributed by atoms with Gasteiger partial charge in [0, 0.05) is 12.3 Å². The van der Waals surface area contributed by atoms with Gasteiger partial charge in [-0.25, -0.2) is 9.59 Å². The fourth-order valence-electron chi connectivity index (χ4n) is 5.67. The Labute approximate surface area is 172 Å². The van der Waals surface area contributed by atoms with Crippen molar-refractivity contribution in [3.63, 3.8) is 0 Å². The number of hydrogen-bond donors (Lipinski definition) is 2. The highest BCUT2D eigenvalue weighted by molar-refractivity contribution is 5.94. The molecule has 0 aromatic rings. The quantitative estimate of drug-likeness (QED) is 0.692. The third kappa shape index (κ3) is 3.27. The minimum absolute atomic E-state index is 0.00284. The first-order valence-corrected chi connectivity index (χ1v) is 10.4. The lowest BCUT2D eigenvalue weighted by Gasteiger charge is -2.60. The van der Waals surface area contributed by atoms with Crippen LogP contribution in [0.3, 0.4) is 0 Å². The third-order valence-electron chi connectivity index (χ3n) is 7.45. The molecule has 0 unspecified atom stereocenters. The molecule has 1 saturated heterocycles. The molecule has 0 aromatic carbocycles. The lowest BCUT2D eigenvalue weighted by Crippen LogP contribution is -2.66. The van der Waals surface area contributed by atoms with Crippen LogP contribution in [0, 0.1) is 22.7 Å². The van der Waals surface area contributed by atoms with Gasteiger partial charge < -0.3 is 19.9 Å². The minimum Gasteiger partial charge on any atom is -0.460 e. The van der Waals surface area contributed by atoms with E-state index in [0.717, 1.165) is 6.42 Å². The molecule has 2 N–H and O–H groups in total. The summed E-state index contributed by atoms with van der Waals surface area (Å²) in [6.45, 7) is 11.1. The van der Waals surface area contributed by atoms with E-state index in [1.54, 1.807) is 6.08 Å². The van der Waals surface area contributed by atoms with E-state index >= 15 is 0 Å². The van der Waals surface area contributed by atoms with Crippen molar-refractivity contribution < 1.29 is 29.0 Å². The third-order valence-corrected chi connectivity index (χ3v) is 7.45. The molecule has 7 nitrogen and oxygen atoms in total. The molecular formula is C22H33NO6. The average molecular weight is 408 g/mol. The smallest absolute Gasteiger partial charge is 0.336 e. The minimum atomic E-state index is -1.50. The first-order valence-electron chi connectivity index (χ1n) is 10.4. The molecule has 0 aromatic heterocycles. The van der Waals surface area contributed by atoms with Gasteiger partial charge in [-0.15, -0.1) is 0 Å². The lowest BCUT2D eigenvalue weighted by atomic mass is 9.46. The second-order valence-electron chi connectivity index (χ2n) is 10.0. The maximum absolute atomic E-state index is 13.0. The molecule has 162 valence electrons. The van der Waals surface area contributed by atoms with Crippen LogP contribution in [0.5, 0.6) is 0 Å². The SMILES string of the molecule is CC(=O)N[C@@H](C(=O)O[C@H]1CCC(C)(C)[C@@H]2CC=C3C(=O)OC[C@@]3(O)[C@@]12C)C(C)C. The average Bonchev–Trinajstić information content (AvgIpc) is 2.91. The maximum atomic E-state index is 13.0. The highest BCUT2D eigenvalue weighted by Crippen LogP contribution is 2.63. The van der Waals surface area contributed by atoms with Gasteiger partial charge in [-0.1, -0.05) is 40.7 Å². The second kappa shape index (κ2) is 7.11. The van der Waals surface area contributed by atoms with Crippen molar-refractivity contribution in [3.05, 3.63) is 11.6 Å². The number of carbonyl (C=O) groups excluding carboxylic acids is 3. The van der Waals surface area contributed by atoms with Crippen LogP contribution in [0.4, 0.5) is 0 Å². The number of amides is 1. The number of carbonyl (C=O) groups is 3. The summed E-state index contributed by atoms with van der Waals surface area (Å²) < 4.78 is 11.2. The molecule has 1 heterocycles. The van der Waals surface area contributed by atoms with E-state index in [4.69, 9.17) is 9.47 Å². The van der Waals surface area contributed by atoms with Crippen LogP contribution >= 0.6 is 0 Å². The Kier molecular flexibility index (Phi) is 5.35. The van der Waals surface area contributed by atoms with Crippen LogP contribution in [-0.4, -0.2) is 47.3 Å². The summed E-state index contributed by atoms with van der Waals surface area (Å²) in [6, 6.07) is -0.765. The second-order valence-corrected chi connectivity index (χ2v) is 10.0. The Hall–Kier alpha value is -1.89. The molecule has 3 aliphatic rings. The highest BCUT2D eigenvalue weighted by atomic mass is 16.6. The summed E-state index contributed by atoms with van der Waals surface area (Å²) in [7, 11) is 0. The molecule has 29 heavy (non-hydrogen) atoms. The van der Waals surface area contributed by atoms with Crippen molar-refractivity contribution in [2.24, 2.45) is 22.7 Å². The zero-order valence-corrected chi connectivity index (χ0v) is 18.2. The predicted molar refractivity (Wildman–Crippen MR) is 106 cm³/mol. The number of allylic oxidation sites excluding steroid dienone is 1. The summed E-state index contributed by atoms with van der Waals surface area (Å²) >= 11 is 0. The van der Waals surface area contributed by atoms with E-state index in [1.165, 1.54) is 6.92 Å². The first-order chi connectivity index (χ1) is 13.3. The summed E-state index contributed by atoms with van der Waals surface area (Å²) in [5.74, 6) is -1.45. The molecular weight excluding hydrogens is 374 g/mol. The maximum Gasteiger partial charge on any atom is 0.336 e. The number of rotatable bonds is 4. The Morgan fingerprint density at radius 3 is 2.55 bits per heavy atom. The van der Waals surface area contributed by atoms with Gasteiger partial charge in [0.25, 0.3) is 0 Å². The summed E-state index contributed by atoms with van der Waals surface area (Å²) in [4.78, 5) is 36.8. The topological polar surface area (TPSA) is 102 Å². The molecule has 0 spiro atoms. The molecule has 0 radical (unpaired) electrons. The Bertz CT molecular complexity index is 756. The van der Waals surface area contributed by atoms with Crippen molar-refractivity contribution in [1.82, 2.24) is 5.32 Å². The van der Waals surface area contributed by atoms with Gasteiger partial charge in [0.1, 0.15) is 24.4 Å². The van der Waals surface area contributed by atoms with Crippen molar-refractivity contribution in [1.29, 1.82) is 0 Å². The van der Waals surface area contributed by atoms with E-state index in [0.29, 0.717) is 12.8 Å². The van der Waals surface area contributed by atoms with Gasteiger partial charge >= 0.3 is 11.9 Å². The van der Waals surface area contributed by atoms with Gasteiger partial charge in [0.15, 0.2) is 0 Å². The number of hydrogen-bond acceptors (Lipinski definition) is 6. The summed E-state index contributed by atoms with van der Waals surface area (Å²) in [5.41, 5.74) is -2.21. The van der Waals surface area contributed by atoms with Crippen molar-refractivity contribution in [3.8, 4) is 0 Å². The number of esters is 2. The molecule has 1 saturated carbocycles. The van der Waals surface area contributed by atoms with Gasteiger partial charge in [0.2, 0.25) is 5.91 Å². The Balaban J connectivity index is 1.97. The highest BCUT2D eigenvalue weighted by Gasteiger charge is 2.69. The Morgan fingerprint density at radius 1 is 1.31 bits per heavy atom. The summed E-state index contributed by atoms with van der Waals surface area (Å²) in [5, 5.41) is 14.3. The predicted octanol–water partition coefficient (Wildman–Crippen LogP) is 2.12. The van der Waals surface area contributed by atoms with Crippen LogP contribution < -0.4 is 5.32 Å². The zero-order chi connectivity index (χ0) is 21.8. The number of nitrogens with one attached hydrogen (secondary N) is 1. The molecule has 2 aliphatic carbocycles. The van der Waals surface area contributed by atoms with Crippen LogP contribution in [0.15, 0.2) is 11.6 Å². The van der Waals surface area contributed by atoms with Crippen molar-refractivity contribution >= 4 is 17.8 Å². The van der Waals surface area contributed by atoms with Crippen LogP contribution in [-0.2, 0) is 23.9 Å². The van der Waals surface area contributed by atoms with Crippen LogP contribution in [0.25, 0.3) is 0 Å². The van der Waals surface area contributed by atoms with Crippen LogP contribution in [0.1, 0.15) is 60.8 Å².